The molecule has 26 heavy (non-hydrogen) atoms. The maximum atomic E-state index is 12.5. The lowest BCUT2D eigenvalue weighted by Gasteiger charge is -2.09. The third-order valence-electron chi connectivity index (χ3n) is 3.62. The van der Waals surface area contributed by atoms with Crippen molar-refractivity contribution in [3.63, 3.8) is 0 Å². The first kappa shape index (κ1) is 17.9. The van der Waals surface area contributed by atoms with Gasteiger partial charge in [-0.2, -0.15) is 0 Å². The number of nitrogens with one attached hydrogen (secondary N) is 2. The Hall–Kier alpha value is -2.87. The zero-order valence-corrected chi connectivity index (χ0v) is 15.3. The van der Waals surface area contributed by atoms with Crippen molar-refractivity contribution in [2.24, 2.45) is 0 Å². The zero-order chi connectivity index (χ0) is 18.7. The molecule has 2 aromatic carbocycles. The number of amides is 1. The Labute approximate surface area is 151 Å². The molecular weight excluding hydrogens is 354 g/mol. The van der Waals surface area contributed by atoms with Gasteiger partial charge in [-0.05, 0) is 42.8 Å². The monoisotopic (exact) mass is 373 g/mol. The summed E-state index contributed by atoms with van der Waals surface area (Å²) in [5, 5.41) is 2.78. The molecule has 0 saturated carbocycles. The summed E-state index contributed by atoms with van der Waals surface area (Å²) in [6, 6.07) is 11.5. The quantitative estimate of drug-likeness (QED) is 0.688. The van der Waals surface area contributed by atoms with Gasteiger partial charge >= 0.3 is 0 Å². The molecule has 0 spiro atoms. The molecule has 3 aromatic rings. The van der Waals surface area contributed by atoms with E-state index in [-0.39, 0.29) is 11.7 Å². The Morgan fingerprint density at radius 2 is 1.96 bits per heavy atom. The molecule has 0 radical (unpaired) electrons. The fourth-order valence-electron chi connectivity index (χ4n) is 2.55. The van der Waals surface area contributed by atoms with E-state index in [0.717, 1.165) is 0 Å². The number of rotatable bonds is 6. The highest BCUT2D eigenvalue weighted by molar-refractivity contribution is 7.92. The van der Waals surface area contributed by atoms with E-state index in [1.807, 2.05) is 0 Å². The van der Waals surface area contributed by atoms with Gasteiger partial charge in [-0.1, -0.05) is 13.0 Å². The Morgan fingerprint density at radius 3 is 2.73 bits per heavy atom. The third kappa shape index (κ3) is 4.20. The summed E-state index contributed by atoms with van der Waals surface area (Å²) in [6.45, 7) is 3.54. The second-order valence-corrected chi connectivity index (χ2v) is 7.71. The number of aryl methyl sites for hydroxylation is 1. The number of hydrogen-bond donors (Lipinski definition) is 2. The van der Waals surface area contributed by atoms with Crippen molar-refractivity contribution >= 4 is 38.4 Å². The van der Waals surface area contributed by atoms with Crippen LogP contribution >= 0.6 is 0 Å². The fourth-order valence-corrected chi connectivity index (χ4v) is 3.67. The van der Waals surface area contributed by atoms with Crippen LogP contribution in [-0.2, 0) is 10.0 Å². The summed E-state index contributed by atoms with van der Waals surface area (Å²) < 4.78 is 31.6. The largest absolute Gasteiger partial charge is 0.441 e. The van der Waals surface area contributed by atoms with Crippen molar-refractivity contribution in [2.75, 3.05) is 15.8 Å². The normalized spacial score (nSPS) is 11.5. The van der Waals surface area contributed by atoms with E-state index in [1.54, 1.807) is 50.2 Å². The molecule has 3 rings (SSSR count). The summed E-state index contributed by atoms with van der Waals surface area (Å²) in [5.41, 5.74) is 2.58. The summed E-state index contributed by atoms with van der Waals surface area (Å²) in [4.78, 5) is 16.7. The van der Waals surface area contributed by atoms with E-state index >= 15 is 0 Å². The van der Waals surface area contributed by atoms with Crippen molar-refractivity contribution in [1.82, 2.24) is 4.98 Å². The van der Waals surface area contributed by atoms with E-state index in [9.17, 15) is 13.2 Å². The van der Waals surface area contributed by atoms with E-state index in [2.05, 4.69) is 15.0 Å². The average molecular weight is 373 g/mol. The summed E-state index contributed by atoms with van der Waals surface area (Å²) in [6.07, 6.45) is 0.513. The number of fused-ring (bicyclic) bond motifs is 1. The molecule has 0 fully saturated rings. The summed E-state index contributed by atoms with van der Waals surface area (Å²) in [7, 11) is -3.41. The molecule has 8 heteroatoms. The van der Waals surface area contributed by atoms with Crippen LogP contribution in [0.1, 0.15) is 29.6 Å². The van der Waals surface area contributed by atoms with E-state index in [0.29, 0.717) is 40.3 Å². The second-order valence-electron chi connectivity index (χ2n) is 5.87. The highest BCUT2D eigenvalue weighted by Crippen LogP contribution is 2.21. The molecule has 7 nitrogen and oxygen atoms in total. The average Bonchev–Trinajstić information content (AvgIpc) is 2.93. The minimum absolute atomic E-state index is 0.0283. The minimum Gasteiger partial charge on any atom is -0.441 e. The van der Waals surface area contributed by atoms with Gasteiger partial charge in [0.05, 0.1) is 5.75 Å². The first-order valence-corrected chi connectivity index (χ1v) is 9.80. The minimum atomic E-state index is -3.41. The second kappa shape index (κ2) is 7.17. The number of benzene rings is 2. The van der Waals surface area contributed by atoms with Gasteiger partial charge in [0, 0.05) is 23.9 Å². The van der Waals surface area contributed by atoms with Gasteiger partial charge in [0.25, 0.3) is 5.91 Å². The lowest BCUT2D eigenvalue weighted by atomic mass is 10.2. The molecule has 0 unspecified atom stereocenters. The highest BCUT2D eigenvalue weighted by Gasteiger charge is 2.12. The van der Waals surface area contributed by atoms with Gasteiger partial charge in [0.2, 0.25) is 10.0 Å². The number of carbonyl (C=O) groups excluding carboxylic acids is 1. The van der Waals surface area contributed by atoms with Crippen LogP contribution in [0.3, 0.4) is 0 Å². The Kier molecular flexibility index (Phi) is 4.94. The van der Waals surface area contributed by atoms with Crippen LogP contribution in [0.15, 0.2) is 46.9 Å². The topological polar surface area (TPSA) is 101 Å². The lowest BCUT2D eigenvalue weighted by molar-refractivity contribution is 0.102. The van der Waals surface area contributed by atoms with Crippen LogP contribution in [0.5, 0.6) is 0 Å². The van der Waals surface area contributed by atoms with Crippen molar-refractivity contribution in [3.05, 3.63) is 53.9 Å². The number of carbonyl (C=O) groups is 1. The number of aromatic nitrogens is 1. The predicted octanol–water partition coefficient (Wildman–Crippen LogP) is 3.54. The zero-order valence-electron chi connectivity index (χ0n) is 14.4. The molecule has 0 aliphatic carbocycles. The molecule has 0 aliphatic heterocycles. The molecule has 1 amide bonds. The Morgan fingerprint density at radius 1 is 1.15 bits per heavy atom. The number of anilines is 2. The molecule has 0 bridgehead atoms. The van der Waals surface area contributed by atoms with Gasteiger partial charge < -0.3 is 9.73 Å². The van der Waals surface area contributed by atoms with Crippen LogP contribution in [0.25, 0.3) is 11.1 Å². The van der Waals surface area contributed by atoms with Gasteiger partial charge in [0.1, 0.15) is 5.52 Å². The first-order valence-electron chi connectivity index (χ1n) is 8.15. The first-order chi connectivity index (χ1) is 12.4. The van der Waals surface area contributed by atoms with E-state index in [4.69, 9.17) is 4.42 Å². The van der Waals surface area contributed by atoms with Gasteiger partial charge in [0.15, 0.2) is 11.5 Å². The number of nitrogens with zero attached hydrogens (tertiary/aromatic N) is 1. The molecular formula is C18H19N3O4S. The van der Waals surface area contributed by atoms with Crippen molar-refractivity contribution < 1.29 is 17.6 Å². The molecule has 2 N–H and O–H groups in total. The van der Waals surface area contributed by atoms with Crippen molar-refractivity contribution in [3.8, 4) is 0 Å². The Bertz CT molecular complexity index is 1060. The van der Waals surface area contributed by atoms with Crippen LogP contribution in [0.4, 0.5) is 11.4 Å². The van der Waals surface area contributed by atoms with Gasteiger partial charge in [-0.3, -0.25) is 9.52 Å². The number of sulfonamides is 1. The van der Waals surface area contributed by atoms with Crippen LogP contribution in [0, 0.1) is 6.92 Å². The van der Waals surface area contributed by atoms with Crippen LogP contribution < -0.4 is 10.0 Å². The van der Waals surface area contributed by atoms with E-state index < -0.39 is 10.0 Å². The summed E-state index contributed by atoms with van der Waals surface area (Å²) >= 11 is 0. The summed E-state index contributed by atoms with van der Waals surface area (Å²) in [5.74, 6) is 0.234. The number of oxazole rings is 1. The van der Waals surface area contributed by atoms with Gasteiger partial charge in [-0.25, -0.2) is 13.4 Å². The molecule has 1 aromatic heterocycles. The standard InChI is InChI=1S/C18H19N3O4S/c1-3-9-26(23,24)21-15-6-4-5-13(10-15)18(22)20-14-7-8-17-16(11-14)19-12(2)25-17/h4-8,10-11,21H,3,9H2,1-2H3,(H,20,22). The van der Waals surface area contributed by atoms with Crippen LogP contribution in [-0.4, -0.2) is 25.1 Å². The third-order valence-corrected chi connectivity index (χ3v) is 5.12. The smallest absolute Gasteiger partial charge is 0.255 e. The molecule has 1 heterocycles. The highest BCUT2D eigenvalue weighted by atomic mass is 32.2. The van der Waals surface area contributed by atoms with E-state index in [1.165, 1.54) is 6.07 Å². The van der Waals surface area contributed by atoms with Crippen molar-refractivity contribution in [1.29, 1.82) is 0 Å². The lowest BCUT2D eigenvalue weighted by Crippen LogP contribution is -2.17. The maximum Gasteiger partial charge on any atom is 0.255 e. The van der Waals surface area contributed by atoms with Crippen LogP contribution in [0.2, 0.25) is 0 Å². The SMILES string of the molecule is CCCS(=O)(=O)Nc1cccc(C(=O)Nc2ccc3oc(C)nc3c2)c1. The predicted molar refractivity (Wildman–Crippen MR) is 101 cm³/mol. The van der Waals surface area contributed by atoms with Crippen molar-refractivity contribution in [2.45, 2.75) is 20.3 Å². The van der Waals surface area contributed by atoms with Gasteiger partial charge in [-0.15, -0.1) is 0 Å². The molecule has 0 saturated heterocycles. The number of hydrogen-bond acceptors (Lipinski definition) is 5. The molecule has 136 valence electrons. The molecule has 0 aliphatic rings. The Balaban J connectivity index is 1.77. The fraction of sp³-hybridized carbons (Fsp3) is 0.222. The maximum absolute atomic E-state index is 12.5. The molecule has 0 atom stereocenters.